The normalized spacial score (nSPS) is 18.6. The molecule has 0 spiro atoms. The van der Waals surface area contributed by atoms with Crippen molar-refractivity contribution in [2.24, 2.45) is 0 Å². The van der Waals surface area contributed by atoms with E-state index in [1.807, 2.05) is 0 Å². The van der Waals surface area contributed by atoms with Gasteiger partial charge in [-0.25, -0.2) is 4.79 Å². The summed E-state index contributed by atoms with van der Waals surface area (Å²) < 4.78 is 5.94. The van der Waals surface area contributed by atoms with Crippen LogP contribution in [0.2, 0.25) is 0 Å². The van der Waals surface area contributed by atoms with E-state index in [1.54, 1.807) is 24.3 Å². The Kier molecular flexibility index (Phi) is 3.33. The smallest absolute Gasteiger partial charge is 0.335 e. The van der Waals surface area contributed by atoms with Gasteiger partial charge in [0.05, 0.1) is 5.56 Å². The lowest BCUT2D eigenvalue weighted by Crippen LogP contribution is -2.43. The van der Waals surface area contributed by atoms with Crippen LogP contribution in [-0.4, -0.2) is 29.8 Å². The van der Waals surface area contributed by atoms with Crippen LogP contribution in [0.25, 0.3) is 0 Å². The maximum atomic E-state index is 10.7. The van der Waals surface area contributed by atoms with Crippen LogP contribution in [0.1, 0.15) is 30.1 Å². The lowest BCUT2D eigenvalue weighted by Gasteiger charge is -2.34. The molecule has 0 bridgehead atoms. The third-order valence-corrected chi connectivity index (χ3v) is 3.13. The van der Waals surface area contributed by atoms with Gasteiger partial charge in [-0.1, -0.05) is 0 Å². The molecule has 0 atom stereocenters. The Labute approximate surface area is 101 Å². The predicted molar refractivity (Wildman–Crippen MR) is 64.5 cm³/mol. The van der Waals surface area contributed by atoms with E-state index in [-0.39, 0.29) is 11.2 Å². The summed E-state index contributed by atoms with van der Waals surface area (Å²) in [6.07, 6.45) is 1.93. The summed E-state index contributed by atoms with van der Waals surface area (Å²) in [5, 5.41) is 12.1. The van der Waals surface area contributed by atoms with Crippen LogP contribution in [0.15, 0.2) is 24.3 Å². The van der Waals surface area contributed by atoms with Gasteiger partial charge in [-0.15, -0.1) is 0 Å². The molecule has 1 aliphatic rings. The molecule has 2 rings (SSSR count). The highest BCUT2D eigenvalue weighted by atomic mass is 16.5. The zero-order valence-corrected chi connectivity index (χ0v) is 9.90. The maximum Gasteiger partial charge on any atom is 0.335 e. The quantitative estimate of drug-likeness (QED) is 0.840. The van der Waals surface area contributed by atoms with E-state index in [0.29, 0.717) is 0 Å². The second-order valence-corrected chi connectivity index (χ2v) is 4.63. The average molecular weight is 235 g/mol. The Morgan fingerprint density at radius 3 is 2.41 bits per heavy atom. The minimum absolute atomic E-state index is 0.143. The molecule has 1 fully saturated rings. The van der Waals surface area contributed by atoms with E-state index in [0.717, 1.165) is 31.7 Å². The molecule has 1 saturated heterocycles. The van der Waals surface area contributed by atoms with Gasteiger partial charge in [-0.3, -0.25) is 0 Å². The van der Waals surface area contributed by atoms with Crippen molar-refractivity contribution in [3.63, 3.8) is 0 Å². The second-order valence-electron chi connectivity index (χ2n) is 4.63. The molecule has 1 aliphatic heterocycles. The van der Waals surface area contributed by atoms with E-state index in [9.17, 15) is 4.79 Å². The molecule has 0 radical (unpaired) electrons. The maximum absolute atomic E-state index is 10.7. The van der Waals surface area contributed by atoms with E-state index >= 15 is 0 Å². The Balaban J connectivity index is 2.05. The lowest BCUT2D eigenvalue weighted by molar-refractivity contribution is 0.0556. The molecular weight excluding hydrogens is 218 g/mol. The largest absolute Gasteiger partial charge is 0.487 e. The van der Waals surface area contributed by atoms with Crippen molar-refractivity contribution in [1.29, 1.82) is 0 Å². The van der Waals surface area contributed by atoms with Crippen molar-refractivity contribution in [1.82, 2.24) is 5.32 Å². The Morgan fingerprint density at radius 2 is 1.88 bits per heavy atom. The first kappa shape index (κ1) is 11.9. The van der Waals surface area contributed by atoms with Crippen LogP contribution in [0.5, 0.6) is 5.75 Å². The predicted octanol–water partition coefficient (Wildman–Crippen LogP) is 1.91. The molecule has 17 heavy (non-hydrogen) atoms. The molecule has 0 aromatic heterocycles. The SMILES string of the molecule is CC1(Oc2ccc(C(=O)O)cc2)CCNCC1. The van der Waals surface area contributed by atoms with E-state index in [4.69, 9.17) is 9.84 Å². The molecule has 4 heteroatoms. The van der Waals surface area contributed by atoms with Gasteiger partial charge in [0, 0.05) is 0 Å². The second kappa shape index (κ2) is 4.75. The monoisotopic (exact) mass is 235 g/mol. The fourth-order valence-electron chi connectivity index (χ4n) is 2.01. The number of hydrogen-bond donors (Lipinski definition) is 2. The number of aromatic carboxylic acids is 1. The number of hydrogen-bond acceptors (Lipinski definition) is 3. The minimum Gasteiger partial charge on any atom is -0.487 e. The summed E-state index contributed by atoms with van der Waals surface area (Å²) in [4.78, 5) is 10.7. The number of nitrogens with one attached hydrogen (secondary N) is 1. The van der Waals surface area contributed by atoms with Crippen LogP contribution < -0.4 is 10.1 Å². The number of carboxylic acid groups (broad SMARTS) is 1. The van der Waals surface area contributed by atoms with Gasteiger partial charge in [0.25, 0.3) is 0 Å². The molecule has 92 valence electrons. The van der Waals surface area contributed by atoms with Gasteiger partial charge in [-0.2, -0.15) is 0 Å². The van der Waals surface area contributed by atoms with Gasteiger partial charge in [0.15, 0.2) is 0 Å². The summed E-state index contributed by atoms with van der Waals surface area (Å²) >= 11 is 0. The third-order valence-electron chi connectivity index (χ3n) is 3.13. The Morgan fingerprint density at radius 1 is 1.29 bits per heavy atom. The molecule has 0 aliphatic carbocycles. The molecule has 2 N–H and O–H groups in total. The molecule has 0 unspecified atom stereocenters. The first-order valence-electron chi connectivity index (χ1n) is 5.82. The summed E-state index contributed by atoms with van der Waals surface area (Å²) in [5.41, 5.74) is 0.142. The Hall–Kier alpha value is -1.55. The summed E-state index contributed by atoms with van der Waals surface area (Å²) in [6.45, 7) is 4.02. The van der Waals surface area contributed by atoms with Crippen molar-refractivity contribution in [3.05, 3.63) is 29.8 Å². The van der Waals surface area contributed by atoms with Crippen LogP contribution >= 0.6 is 0 Å². The summed E-state index contributed by atoms with van der Waals surface area (Å²) in [5.74, 6) is -0.177. The standard InChI is InChI=1S/C13H17NO3/c1-13(6-8-14-9-7-13)17-11-4-2-10(3-5-11)12(15)16/h2-5,14H,6-9H2,1H3,(H,15,16). The van der Waals surface area contributed by atoms with E-state index in [2.05, 4.69) is 12.2 Å². The van der Waals surface area contributed by atoms with E-state index in [1.165, 1.54) is 0 Å². The van der Waals surface area contributed by atoms with Crippen LogP contribution in [0, 0.1) is 0 Å². The number of rotatable bonds is 3. The van der Waals surface area contributed by atoms with Gasteiger partial charge < -0.3 is 15.2 Å². The number of carbonyl (C=O) groups is 1. The average Bonchev–Trinajstić information content (AvgIpc) is 2.30. The number of carboxylic acids is 1. The number of benzene rings is 1. The molecule has 1 aromatic carbocycles. The lowest BCUT2D eigenvalue weighted by atomic mass is 9.94. The molecule has 1 aromatic rings. The molecule has 0 saturated carbocycles. The van der Waals surface area contributed by atoms with Crippen LogP contribution in [0.4, 0.5) is 0 Å². The van der Waals surface area contributed by atoms with Crippen LogP contribution in [-0.2, 0) is 0 Å². The van der Waals surface area contributed by atoms with Gasteiger partial charge >= 0.3 is 5.97 Å². The van der Waals surface area contributed by atoms with Crippen molar-refractivity contribution in [2.75, 3.05) is 13.1 Å². The third kappa shape index (κ3) is 2.97. The van der Waals surface area contributed by atoms with Gasteiger partial charge in [0.2, 0.25) is 0 Å². The van der Waals surface area contributed by atoms with Crippen molar-refractivity contribution >= 4 is 5.97 Å². The van der Waals surface area contributed by atoms with Gasteiger partial charge in [-0.05, 0) is 57.1 Å². The van der Waals surface area contributed by atoms with Gasteiger partial charge in [0.1, 0.15) is 11.4 Å². The van der Waals surface area contributed by atoms with Crippen LogP contribution in [0.3, 0.4) is 0 Å². The first-order chi connectivity index (χ1) is 8.09. The Bertz CT molecular complexity index is 394. The number of piperidine rings is 1. The summed E-state index contributed by atoms with van der Waals surface area (Å²) in [7, 11) is 0. The summed E-state index contributed by atoms with van der Waals surface area (Å²) in [6, 6.07) is 6.58. The highest BCUT2D eigenvalue weighted by molar-refractivity contribution is 5.87. The molecule has 1 heterocycles. The first-order valence-corrected chi connectivity index (χ1v) is 5.82. The van der Waals surface area contributed by atoms with Crippen molar-refractivity contribution < 1.29 is 14.6 Å². The fourth-order valence-corrected chi connectivity index (χ4v) is 2.01. The van der Waals surface area contributed by atoms with Crippen molar-refractivity contribution in [2.45, 2.75) is 25.4 Å². The zero-order valence-electron chi connectivity index (χ0n) is 9.90. The molecular formula is C13H17NO3. The van der Waals surface area contributed by atoms with E-state index < -0.39 is 5.97 Å². The highest BCUT2D eigenvalue weighted by Gasteiger charge is 2.28. The molecule has 0 amide bonds. The molecule has 4 nitrogen and oxygen atoms in total. The fraction of sp³-hybridized carbons (Fsp3) is 0.462. The van der Waals surface area contributed by atoms with Crippen molar-refractivity contribution in [3.8, 4) is 5.75 Å². The number of ether oxygens (including phenoxy) is 1. The highest BCUT2D eigenvalue weighted by Crippen LogP contribution is 2.26. The topological polar surface area (TPSA) is 58.6 Å². The zero-order chi connectivity index (χ0) is 12.3. The minimum atomic E-state index is -0.912.